The third kappa shape index (κ3) is 1.92. The molecule has 0 spiro atoms. The standard InChI is InChI=1S/C4H4N2O2/c1-4(2-3-5)6(7)8/h2H,1H3/b4-2+. The fourth-order valence-corrected chi connectivity index (χ4v) is 0.146. The van der Waals surface area contributed by atoms with Crippen molar-refractivity contribution < 1.29 is 4.92 Å². The van der Waals surface area contributed by atoms with Crippen LogP contribution in [0.1, 0.15) is 6.92 Å². The van der Waals surface area contributed by atoms with Gasteiger partial charge in [-0.15, -0.1) is 0 Å². The van der Waals surface area contributed by atoms with Crippen LogP contribution >= 0.6 is 0 Å². The Balaban J connectivity index is 4.06. The van der Waals surface area contributed by atoms with Gasteiger partial charge in [-0.2, -0.15) is 5.26 Å². The van der Waals surface area contributed by atoms with Crippen molar-refractivity contribution >= 4 is 0 Å². The molecule has 0 aromatic carbocycles. The molecule has 0 bridgehead atoms. The average molecular weight is 112 g/mol. The summed E-state index contributed by atoms with van der Waals surface area (Å²) in [6.45, 7) is 1.27. The van der Waals surface area contributed by atoms with E-state index in [1.165, 1.54) is 6.92 Å². The number of rotatable bonds is 1. The highest BCUT2D eigenvalue weighted by Gasteiger charge is 1.97. The van der Waals surface area contributed by atoms with E-state index in [0.717, 1.165) is 6.08 Å². The van der Waals surface area contributed by atoms with E-state index in [0.29, 0.717) is 0 Å². The lowest BCUT2D eigenvalue weighted by Gasteiger charge is -1.80. The molecule has 0 atom stereocenters. The molecule has 0 amide bonds. The van der Waals surface area contributed by atoms with Crippen LogP contribution in [0.5, 0.6) is 0 Å². The number of nitriles is 1. The third-order valence-corrected chi connectivity index (χ3v) is 0.561. The van der Waals surface area contributed by atoms with Crippen LogP contribution in [-0.2, 0) is 0 Å². The molecule has 0 aromatic rings. The van der Waals surface area contributed by atoms with Gasteiger partial charge in [0.2, 0.25) is 0 Å². The first kappa shape index (κ1) is 6.63. The zero-order valence-corrected chi connectivity index (χ0v) is 4.29. The summed E-state index contributed by atoms with van der Waals surface area (Å²) >= 11 is 0. The lowest BCUT2D eigenvalue weighted by molar-refractivity contribution is -0.424. The minimum atomic E-state index is -0.608. The summed E-state index contributed by atoms with van der Waals surface area (Å²) in [6.07, 6.45) is 0.889. The molecule has 0 aliphatic carbocycles. The van der Waals surface area contributed by atoms with E-state index < -0.39 is 4.92 Å². The summed E-state index contributed by atoms with van der Waals surface area (Å²) in [5, 5.41) is 17.5. The van der Waals surface area contributed by atoms with E-state index in [9.17, 15) is 10.1 Å². The van der Waals surface area contributed by atoms with Gasteiger partial charge in [0.25, 0.3) is 5.70 Å². The molecule has 8 heavy (non-hydrogen) atoms. The van der Waals surface area contributed by atoms with Crippen molar-refractivity contribution in [1.82, 2.24) is 0 Å². The second-order valence-electron chi connectivity index (χ2n) is 1.17. The summed E-state index contributed by atoms with van der Waals surface area (Å²) < 4.78 is 0. The Morgan fingerprint density at radius 2 is 2.50 bits per heavy atom. The van der Waals surface area contributed by atoms with Crippen LogP contribution in [0.25, 0.3) is 0 Å². The van der Waals surface area contributed by atoms with Crippen molar-refractivity contribution in [1.29, 1.82) is 5.26 Å². The van der Waals surface area contributed by atoms with Gasteiger partial charge in [0.05, 0.1) is 17.1 Å². The van der Waals surface area contributed by atoms with Crippen LogP contribution in [0.15, 0.2) is 11.8 Å². The average Bonchev–Trinajstić information content (AvgIpc) is 1.67. The van der Waals surface area contributed by atoms with Crippen molar-refractivity contribution in [2.24, 2.45) is 0 Å². The van der Waals surface area contributed by atoms with Crippen LogP contribution < -0.4 is 0 Å². The lowest BCUT2D eigenvalue weighted by atomic mass is 10.5. The highest BCUT2D eigenvalue weighted by Crippen LogP contribution is 1.88. The predicted octanol–water partition coefficient (Wildman–Crippen LogP) is 0.690. The van der Waals surface area contributed by atoms with Gasteiger partial charge in [0, 0.05) is 6.92 Å². The number of nitrogens with zero attached hydrogens (tertiary/aromatic N) is 2. The molecule has 0 aromatic heterocycles. The SMILES string of the molecule is C/C(=C\C#N)[N+](=O)[O-]. The molecule has 0 aliphatic heterocycles. The molecule has 0 unspecified atom stereocenters. The van der Waals surface area contributed by atoms with Gasteiger partial charge in [-0.25, -0.2) is 0 Å². The number of hydrogen-bond acceptors (Lipinski definition) is 3. The predicted molar refractivity (Wildman–Crippen MR) is 26.4 cm³/mol. The van der Waals surface area contributed by atoms with Gasteiger partial charge in [-0.1, -0.05) is 0 Å². The van der Waals surface area contributed by atoms with Gasteiger partial charge < -0.3 is 0 Å². The normalized spacial score (nSPS) is 10.2. The molecule has 0 saturated carbocycles. The molecular weight excluding hydrogens is 108 g/mol. The van der Waals surface area contributed by atoms with Gasteiger partial charge in [0.15, 0.2) is 0 Å². The van der Waals surface area contributed by atoms with Crippen LogP contribution in [-0.4, -0.2) is 4.92 Å². The lowest BCUT2D eigenvalue weighted by Crippen LogP contribution is -1.91. The molecule has 42 valence electrons. The van der Waals surface area contributed by atoms with E-state index in [2.05, 4.69) is 0 Å². The minimum absolute atomic E-state index is 0.132. The largest absolute Gasteiger partial charge is 0.259 e. The maximum Gasteiger partial charge on any atom is 0.253 e. The smallest absolute Gasteiger partial charge is 0.253 e. The van der Waals surface area contributed by atoms with Crippen molar-refractivity contribution in [2.75, 3.05) is 0 Å². The molecule has 0 N–H and O–H groups in total. The molecule has 0 fully saturated rings. The Morgan fingerprint density at radius 1 is 2.00 bits per heavy atom. The van der Waals surface area contributed by atoms with Crippen molar-refractivity contribution in [3.05, 3.63) is 21.9 Å². The number of allylic oxidation sites excluding steroid dienone is 2. The van der Waals surface area contributed by atoms with Gasteiger partial charge in [-0.05, 0) is 0 Å². The van der Waals surface area contributed by atoms with Crippen molar-refractivity contribution in [3.8, 4) is 6.07 Å². The second-order valence-corrected chi connectivity index (χ2v) is 1.17. The molecule has 0 rings (SSSR count). The summed E-state index contributed by atoms with van der Waals surface area (Å²) in [7, 11) is 0. The molecule has 0 saturated heterocycles. The number of nitro groups is 1. The molecule has 4 nitrogen and oxygen atoms in total. The Bertz CT molecular complexity index is 165. The highest BCUT2D eigenvalue weighted by molar-refractivity contribution is 5.04. The van der Waals surface area contributed by atoms with E-state index in [1.54, 1.807) is 6.07 Å². The Kier molecular flexibility index (Phi) is 2.28. The zero-order chi connectivity index (χ0) is 6.57. The fraction of sp³-hybridized carbons (Fsp3) is 0.250. The van der Waals surface area contributed by atoms with E-state index in [-0.39, 0.29) is 5.70 Å². The first-order valence-electron chi connectivity index (χ1n) is 1.89. The molecule has 0 aliphatic rings. The Labute approximate surface area is 46.2 Å². The Hall–Kier alpha value is -1.37. The summed E-state index contributed by atoms with van der Waals surface area (Å²) in [4.78, 5) is 9.07. The van der Waals surface area contributed by atoms with E-state index in [1.807, 2.05) is 0 Å². The van der Waals surface area contributed by atoms with E-state index >= 15 is 0 Å². The van der Waals surface area contributed by atoms with Crippen LogP contribution in [0, 0.1) is 21.4 Å². The zero-order valence-electron chi connectivity index (χ0n) is 4.29. The third-order valence-electron chi connectivity index (χ3n) is 0.561. The second kappa shape index (κ2) is 2.75. The first-order valence-corrected chi connectivity index (χ1v) is 1.89. The van der Waals surface area contributed by atoms with Crippen LogP contribution in [0.3, 0.4) is 0 Å². The van der Waals surface area contributed by atoms with Gasteiger partial charge >= 0.3 is 0 Å². The molecule has 4 heteroatoms. The van der Waals surface area contributed by atoms with Crippen molar-refractivity contribution in [2.45, 2.75) is 6.92 Å². The summed E-state index contributed by atoms with van der Waals surface area (Å²) in [5.74, 6) is 0. The maximum absolute atomic E-state index is 9.68. The number of hydrogen-bond donors (Lipinski definition) is 0. The molecule has 0 radical (unpaired) electrons. The Morgan fingerprint density at radius 3 is 2.62 bits per heavy atom. The van der Waals surface area contributed by atoms with Crippen LogP contribution in [0.4, 0.5) is 0 Å². The van der Waals surface area contributed by atoms with Crippen LogP contribution in [0.2, 0.25) is 0 Å². The van der Waals surface area contributed by atoms with Gasteiger partial charge in [0.1, 0.15) is 0 Å². The van der Waals surface area contributed by atoms with Gasteiger partial charge in [-0.3, -0.25) is 10.1 Å². The molecule has 0 heterocycles. The van der Waals surface area contributed by atoms with E-state index in [4.69, 9.17) is 5.26 Å². The highest BCUT2D eigenvalue weighted by atomic mass is 16.6. The monoisotopic (exact) mass is 112 g/mol. The van der Waals surface area contributed by atoms with Crippen molar-refractivity contribution in [3.63, 3.8) is 0 Å². The molecular formula is C4H4N2O2. The maximum atomic E-state index is 9.68. The summed E-state index contributed by atoms with van der Waals surface area (Å²) in [6, 6.07) is 1.55. The quantitative estimate of drug-likeness (QED) is 0.284. The minimum Gasteiger partial charge on any atom is -0.259 e. The first-order chi connectivity index (χ1) is 3.68. The topological polar surface area (TPSA) is 66.9 Å². The fourth-order valence-electron chi connectivity index (χ4n) is 0.146. The summed E-state index contributed by atoms with van der Waals surface area (Å²) in [5.41, 5.74) is -0.132.